The highest BCUT2D eigenvalue weighted by molar-refractivity contribution is 5.77. The van der Waals surface area contributed by atoms with E-state index in [-0.39, 0.29) is 12.5 Å². The fourth-order valence-electron chi connectivity index (χ4n) is 4.55. The summed E-state index contributed by atoms with van der Waals surface area (Å²) in [6.45, 7) is 2.88. The van der Waals surface area contributed by atoms with Crippen molar-refractivity contribution in [2.45, 2.75) is 25.7 Å². The van der Waals surface area contributed by atoms with Crippen molar-refractivity contribution in [3.05, 3.63) is 77.0 Å². The van der Waals surface area contributed by atoms with Gasteiger partial charge >= 0.3 is 5.97 Å². The molecule has 0 saturated carbocycles. The molecular weight excluding hydrogens is 466 g/mol. The molecule has 1 aromatic heterocycles. The number of nitrogen functional groups attached to an aromatic ring is 1. The molecular formula is C28H37N7O2. The minimum Gasteiger partial charge on any atom is -0.468 e. The van der Waals surface area contributed by atoms with Gasteiger partial charge in [-0.1, -0.05) is 30.3 Å². The van der Waals surface area contributed by atoms with Crippen LogP contribution in [0.5, 0.6) is 0 Å². The number of ether oxygens (including phenoxy) is 1. The molecule has 9 nitrogen and oxygen atoms in total. The molecule has 0 atom stereocenters. The molecule has 9 heteroatoms. The van der Waals surface area contributed by atoms with Crippen LogP contribution in [-0.2, 0) is 28.8 Å². The van der Waals surface area contributed by atoms with Crippen molar-refractivity contribution in [3.63, 3.8) is 0 Å². The molecule has 7 N–H and O–H groups in total. The summed E-state index contributed by atoms with van der Waals surface area (Å²) in [5.74, 6) is 6.42. The minimum atomic E-state index is -0.302. The molecule has 4 rings (SSSR count). The van der Waals surface area contributed by atoms with Gasteiger partial charge in [-0.05, 0) is 60.2 Å². The quantitative estimate of drug-likeness (QED) is 0.144. The number of nitrogens with one attached hydrogen (secondary N) is 3. The summed E-state index contributed by atoms with van der Waals surface area (Å²) in [5.41, 5.74) is 15.6. The molecule has 0 radical (unpaired) electrons. The van der Waals surface area contributed by atoms with Gasteiger partial charge in [0.25, 0.3) is 0 Å². The predicted molar refractivity (Wildman–Crippen MR) is 150 cm³/mol. The van der Waals surface area contributed by atoms with Gasteiger partial charge in [-0.25, -0.2) is 4.98 Å². The van der Waals surface area contributed by atoms with Gasteiger partial charge < -0.3 is 31.4 Å². The zero-order valence-corrected chi connectivity index (χ0v) is 21.4. The second kappa shape index (κ2) is 12.9. The maximum atomic E-state index is 12.2. The Kier molecular flexibility index (Phi) is 9.18. The number of carbonyl (C=O) groups is 1. The molecule has 1 aliphatic rings. The van der Waals surface area contributed by atoms with Crippen LogP contribution in [0.2, 0.25) is 0 Å². The maximum absolute atomic E-state index is 12.2. The molecule has 0 unspecified atom stereocenters. The van der Waals surface area contributed by atoms with Crippen LogP contribution >= 0.6 is 0 Å². The van der Waals surface area contributed by atoms with Gasteiger partial charge in [0.1, 0.15) is 12.4 Å². The Morgan fingerprint density at radius 1 is 1.14 bits per heavy atom. The fourth-order valence-corrected chi connectivity index (χ4v) is 4.55. The number of carbonyl (C=O) groups excluding carboxylic acids is 1. The van der Waals surface area contributed by atoms with Crippen LogP contribution in [-0.4, -0.2) is 50.8 Å². The van der Waals surface area contributed by atoms with Crippen molar-refractivity contribution in [2.24, 2.45) is 11.6 Å². The van der Waals surface area contributed by atoms with Gasteiger partial charge in [-0.15, -0.1) is 0 Å². The first-order valence-electron chi connectivity index (χ1n) is 12.8. The van der Waals surface area contributed by atoms with Crippen molar-refractivity contribution >= 4 is 28.8 Å². The van der Waals surface area contributed by atoms with Gasteiger partial charge in [0.15, 0.2) is 0 Å². The number of pyridine rings is 1. The molecule has 37 heavy (non-hydrogen) atoms. The van der Waals surface area contributed by atoms with Crippen molar-refractivity contribution in [3.8, 4) is 0 Å². The third-order valence-corrected chi connectivity index (χ3v) is 6.47. The molecule has 0 aliphatic carbocycles. The third kappa shape index (κ3) is 7.34. The smallest absolute Gasteiger partial charge is 0.325 e. The van der Waals surface area contributed by atoms with E-state index in [2.05, 4.69) is 52.5 Å². The molecule has 0 spiro atoms. The van der Waals surface area contributed by atoms with Gasteiger partial charge in [0.2, 0.25) is 0 Å². The van der Waals surface area contributed by atoms with Crippen molar-refractivity contribution in [2.75, 3.05) is 60.8 Å². The van der Waals surface area contributed by atoms with E-state index in [1.165, 1.54) is 23.8 Å². The Hall–Kier alpha value is -3.82. The molecule has 2 aromatic carbocycles. The second-order valence-corrected chi connectivity index (χ2v) is 9.21. The van der Waals surface area contributed by atoms with E-state index < -0.39 is 0 Å². The normalized spacial score (nSPS) is 12.3. The first-order valence-corrected chi connectivity index (χ1v) is 12.8. The van der Waals surface area contributed by atoms with Crippen LogP contribution in [0.4, 0.5) is 22.9 Å². The minimum absolute atomic E-state index is 0.132. The maximum Gasteiger partial charge on any atom is 0.325 e. The molecule has 0 bridgehead atoms. The van der Waals surface area contributed by atoms with E-state index in [9.17, 15) is 4.79 Å². The summed E-state index contributed by atoms with van der Waals surface area (Å²) in [6.07, 6.45) is 3.77. The van der Waals surface area contributed by atoms with E-state index in [1.54, 1.807) is 0 Å². The van der Waals surface area contributed by atoms with Crippen molar-refractivity contribution < 1.29 is 9.53 Å². The van der Waals surface area contributed by atoms with E-state index in [4.69, 9.17) is 21.3 Å². The number of rotatable bonds is 12. The monoisotopic (exact) mass is 503 g/mol. The number of hydrogen-bond donors (Lipinski definition) is 5. The summed E-state index contributed by atoms with van der Waals surface area (Å²) in [4.78, 5) is 19.1. The first kappa shape index (κ1) is 26.2. The number of anilines is 4. The van der Waals surface area contributed by atoms with E-state index in [0.717, 1.165) is 60.8 Å². The summed E-state index contributed by atoms with van der Waals surface area (Å²) in [5, 5.41) is 6.70. The summed E-state index contributed by atoms with van der Waals surface area (Å²) >= 11 is 0. The number of methoxy groups -OCH3 is 1. The van der Waals surface area contributed by atoms with Crippen LogP contribution in [0.25, 0.3) is 0 Å². The van der Waals surface area contributed by atoms with Gasteiger partial charge in [-0.3, -0.25) is 10.6 Å². The van der Waals surface area contributed by atoms with Gasteiger partial charge in [0, 0.05) is 49.7 Å². The number of nitrogens with two attached hydrogens (primary N) is 2. The van der Waals surface area contributed by atoms with Gasteiger partial charge in [0.05, 0.1) is 12.8 Å². The van der Waals surface area contributed by atoms with Crippen LogP contribution in [0.3, 0.4) is 0 Å². The number of hydrazine groups is 1. The lowest BCUT2D eigenvalue weighted by atomic mass is 10.0. The molecule has 2 heterocycles. The molecule has 1 aliphatic heterocycles. The number of benzene rings is 2. The highest BCUT2D eigenvalue weighted by Gasteiger charge is 2.15. The molecule has 0 saturated heterocycles. The summed E-state index contributed by atoms with van der Waals surface area (Å²) in [6, 6.07) is 18.7. The number of aromatic nitrogens is 1. The Labute approximate surface area is 218 Å². The summed E-state index contributed by atoms with van der Waals surface area (Å²) < 4.78 is 4.97. The van der Waals surface area contributed by atoms with E-state index in [0.29, 0.717) is 19.6 Å². The van der Waals surface area contributed by atoms with Crippen molar-refractivity contribution in [1.29, 1.82) is 0 Å². The lowest BCUT2D eigenvalue weighted by Crippen LogP contribution is -2.32. The van der Waals surface area contributed by atoms with Crippen molar-refractivity contribution in [1.82, 2.24) is 4.98 Å². The van der Waals surface area contributed by atoms with Crippen LogP contribution < -0.4 is 32.5 Å². The zero-order chi connectivity index (χ0) is 26.0. The predicted octanol–water partition coefficient (Wildman–Crippen LogP) is 2.91. The highest BCUT2D eigenvalue weighted by atomic mass is 16.5. The average molecular weight is 504 g/mol. The lowest BCUT2D eigenvalue weighted by molar-refractivity contribution is -0.138. The first-order chi connectivity index (χ1) is 18.1. The number of nitrogens with zero attached hydrogens (tertiary/aromatic N) is 2. The number of aryl methyl sites for hydroxylation is 1. The second-order valence-electron chi connectivity index (χ2n) is 9.21. The highest BCUT2D eigenvalue weighted by Crippen LogP contribution is 2.26. The number of fused-ring (bicyclic) bond motifs is 1. The summed E-state index contributed by atoms with van der Waals surface area (Å²) in [7, 11) is 1.40. The Morgan fingerprint density at radius 2 is 1.97 bits per heavy atom. The Balaban J connectivity index is 1.48. The fraction of sp³-hybridized carbons (Fsp3) is 0.357. The standard InChI is InChI=1S/C28H37N7O2/c1-37-27(36)19-35(26-17-24(31-12-10-29)16-25(18-26)34-30)13-9-20-4-2-5-21(14-20)15-23-8-7-22-6-3-11-32-28(22)33-23/h2,4-5,7-8,14,16-18,31,34H,3,6,9-13,15,19,29-30H2,1H3,(H,32,33). The van der Waals surface area contributed by atoms with Crippen LogP contribution in [0, 0.1) is 0 Å². The average Bonchev–Trinajstić information content (AvgIpc) is 2.93. The van der Waals surface area contributed by atoms with E-state index >= 15 is 0 Å². The molecule has 3 aromatic rings. The lowest BCUT2D eigenvalue weighted by Gasteiger charge is -2.25. The largest absolute Gasteiger partial charge is 0.468 e. The van der Waals surface area contributed by atoms with Gasteiger partial charge in [-0.2, -0.15) is 0 Å². The molecule has 196 valence electrons. The van der Waals surface area contributed by atoms with Crippen LogP contribution in [0.1, 0.15) is 28.8 Å². The molecule has 0 amide bonds. The van der Waals surface area contributed by atoms with Crippen LogP contribution in [0.15, 0.2) is 54.6 Å². The Bertz CT molecular complexity index is 1200. The third-order valence-electron chi connectivity index (χ3n) is 6.47. The van der Waals surface area contributed by atoms with E-state index in [1.807, 2.05) is 23.1 Å². The molecule has 0 fully saturated rings. The number of hydrogen-bond acceptors (Lipinski definition) is 9. The SMILES string of the molecule is COC(=O)CN(CCc1cccc(Cc2ccc3c(n2)NCCC3)c1)c1cc(NN)cc(NCCN)c1. The zero-order valence-electron chi connectivity index (χ0n) is 21.4. The Morgan fingerprint density at radius 3 is 2.78 bits per heavy atom. The number of esters is 1. The topological polar surface area (TPSA) is 131 Å².